The molecule has 1 aliphatic heterocycles. The van der Waals surface area contributed by atoms with Gasteiger partial charge in [0.05, 0.1) is 30.7 Å². The van der Waals surface area contributed by atoms with Crippen molar-refractivity contribution in [3.63, 3.8) is 0 Å². The van der Waals surface area contributed by atoms with Gasteiger partial charge in [-0.2, -0.15) is 0 Å². The summed E-state index contributed by atoms with van der Waals surface area (Å²) in [6, 6.07) is 20.4. The molecule has 9 nitrogen and oxygen atoms in total. The zero-order valence-corrected chi connectivity index (χ0v) is 23.7. The van der Waals surface area contributed by atoms with E-state index in [1.807, 2.05) is 63.2 Å². The van der Waals surface area contributed by atoms with E-state index >= 15 is 0 Å². The van der Waals surface area contributed by atoms with E-state index in [2.05, 4.69) is 31.8 Å². The third kappa shape index (κ3) is 6.97. The summed E-state index contributed by atoms with van der Waals surface area (Å²) in [5.41, 5.74) is 3.53. The number of anilines is 4. The van der Waals surface area contributed by atoms with Gasteiger partial charge in [-0.05, 0) is 62.7 Å². The average Bonchev–Trinajstić information content (AvgIpc) is 2.98. The largest absolute Gasteiger partial charge is 0.495 e. The molecule has 3 N–H and O–H groups in total. The van der Waals surface area contributed by atoms with E-state index in [1.165, 1.54) is 0 Å². The molecule has 4 rings (SSSR count). The van der Waals surface area contributed by atoms with Gasteiger partial charge in [-0.1, -0.05) is 31.2 Å². The van der Waals surface area contributed by atoms with Crippen molar-refractivity contribution >= 4 is 34.7 Å². The van der Waals surface area contributed by atoms with Gasteiger partial charge in [0.1, 0.15) is 11.5 Å². The van der Waals surface area contributed by atoms with Crippen molar-refractivity contribution < 1.29 is 19.1 Å². The van der Waals surface area contributed by atoms with E-state index in [1.54, 1.807) is 25.3 Å². The van der Waals surface area contributed by atoms with Crippen molar-refractivity contribution in [1.29, 1.82) is 0 Å². The van der Waals surface area contributed by atoms with Crippen LogP contribution in [0, 0.1) is 0 Å². The van der Waals surface area contributed by atoms with Crippen molar-refractivity contribution in [1.82, 2.24) is 5.32 Å². The summed E-state index contributed by atoms with van der Waals surface area (Å²) in [6.45, 7) is 9.45. The third-order valence-electron chi connectivity index (χ3n) is 6.97. The molecular formula is C31H39N5O4. The van der Waals surface area contributed by atoms with Crippen molar-refractivity contribution in [3.8, 4) is 11.5 Å². The normalized spacial score (nSPS) is 13.8. The first-order valence-corrected chi connectivity index (χ1v) is 13.8. The smallest absolute Gasteiger partial charge is 0.323 e. The van der Waals surface area contributed by atoms with Gasteiger partial charge in [-0.25, -0.2) is 4.79 Å². The molecule has 3 aromatic carbocycles. The fraction of sp³-hybridized carbons (Fsp3) is 0.355. The topological polar surface area (TPSA) is 95.2 Å². The number of benzene rings is 3. The summed E-state index contributed by atoms with van der Waals surface area (Å²) in [5, 5.41) is 8.79. The van der Waals surface area contributed by atoms with E-state index < -0.39 is 6.03 Å². The van der Waals surface area contributed by atoms with Gasteiger partial charge in [-0.3, -0.25) is 4.79 Å². The Labute approximate surface area is 236 Å². The Morgan fingerprint density at radius 2 is 1.50 bits per heavy atom. The molecule has 1 aliphatic rings. The number of nitrogens with one attached hydrogen (secondary N) is 3. The van der Waals surface area contributed by atoms with Gasteiger partial charge in [0.15, 0.2) is 0 Å². The minimum absolute atomic E-state index is 0.0257. The number of para-hydroxylation sites is 4. The number of carbonyl (C=O) groups is 2. The van der Waals surface area contributed by atoms with Crippen molar-refractivity contribution in [2.45, 2.75) is 33.2 Å². The summed E-state index contributed by atoms with van der Waals surface area (Å²) in [6.07, 6.45) is 0.818. The maximum atomic E-state index is 13.4. The van der Waals surface area contributed by atoms with Crippen LogP contribution in [0.15, 0.2) is 66.7 Å². The van der Waals surface area contributed by atoms with Gasteiger partial charge in [0.25, 0.3) is 5.91 Å². The summed E-state index contributed by atoms with van der Waals surface area (Å²) >= 11 is 0. The molecular weight excluding hydrogens is 506 g/mol. The van der Waals surface area contributed by atoms with Gasteiger partial charge >= 0.3 is 6.03 Å². The quantitative estimate of drug-likeness (QED) is 0.307. The Kier molecular flexibility index (Phi) is 9.72. The fourth-order valence-corrected chi connectivity index (χ4v) is 4.69. The number of hydrogen-bond donors (Lipinski definition) is 3. The molecule has 0 bridgehead atoms. The Morgan fingerprint density at radius 1 is 0.850 bits per heavy atom. The first-order valence-electron chi connectivity index (χ1n) is 13.8. The second-order valence-electron chi connectivity index (χ2n) is 9.67. The summed E-state index contributed by atoms with van der Waals surface area (Å²) in [4.78, 5) is 30.8. The SMILES string of the molecule is CCOc1ccccc1NC(=O)Nc1ccc(N2CCN(c3ccccc3OC)CC2)c(C(=O)NC(C)CC)c1. The van der Waals surface area contributed by atoms with E-state index in [0.717, 1.165) is 49.7 Å². The maximum Gasteiger partial charge on any atom is 0.323 e. The number of piperazine rings is 1. The highest BCUT2D eigenvalue weighted by Crippen LogP contribution is 2.31. The number of methoxy groups -OCH3 is 1. The third-order valence-corrected chi connectivity index (χ3v) is 6.97. The van der Waals surface area contributed by atoms with Crippen LogP contribution < -0.4 is 35.2 Å². The lowest BCUT2D eigenvalue weighted by Crippen LogP contribution is -2.47. The molecule has 0 spiro atoms. The predicted octanol–water partition coefficient (Wildman–Crippen LogP) is 5.59. The molecule has 0 radical (unpaired) electrons. The molecule has 3 aromatic rings. The van der Waals surface area contributed by atoms with Crippen LogP contribution in [-0.2, 0) is 0 Å². The van der Waals surface area contributed by atoms with Crippen molar-refractivity contribution in [2.24, 2.45) is 0 Å². The number of ether oxygens (including phenoxy) is 2. The van der Waals surface area contributed by atoms with Crippen LogP contribution >= 0.6 is 0 Å². The summed E-state index contributed by atoms with van der Waals surface area (Å²) in [7, 11) is 1.69. The fourth-order valence-electron chi connectivity index (χ4n) is 4.69. The standard InChI is InChI=1S/C31H39N5O4/c1-5-22(3)32-30(37)24-21-23(33-31(38)34-25-11-7-9-13-28(25)40-6-2)15-16-26(24)35-17-19-36(20-18-35)27-12-8-10-14-29(27)39-4/h7-16,21-22H,5-6,17-20H2,1-4H3,(H,32,37)(H2,33,34,38). The first-order chi connectivity index (χ1) is 19.4. The monoisotopic (exact) mass is 545 g/mol. The molecule has 0 saturated carbocycles. The zero-order chi connectivity index (χ0) is 28.5. The number of urea groups is 1. The predicted molar refractivity (Wildman–Crippen MR) is 161 cm³/mol. The highest BCUT2D eigenvalue weighted by atomic mass is 16.5. The van der Waals surface area contributed by atoms with E-state index in [4.69, 9.17) is 9.47 Å². The second-order valence-corrected chi connectivity index (χ2v) is 9.67. The van der Waals surface area contributed by atoms with E-state index in [9.17, 15) is 9.59 Å². The van der Waals surface area contributed by atoms with E-state index in [0.29, 0.717) is 29.3 Å². The number of rotatable bonds is 10. The molecule has 1 fully saturated rings. The second kappa shape index (κ2) is 13.6. The van der Waals surface area contributed by atoms with Gasteiger partial charge in [0, 0.05) is 43.6 Å². The van der Waals surface area contributed by atoms with Crippen LogP contribution in [0.25, 0.3) is 0 Å². The number of amides is 3. The molecule has 0 aromatic heterocycles. The van der Waals surface area contributed by atoms with Gasteiger partial charge in [-0.15, -0.1) is 0 Å². The highest BCUT2D eigenvalue weighted by molar-refractivity contribution is 6.04. The lowest BCUT2D eigenvalue weighted by Gasteiger charge is -2.38. The molecule has 212 valence electrons. The van der Waals surface area contributed by atoms with Crippen molar-refractivity contribution in [2.75, 3.05) is 60.3 Å². The van der Waals surface area contributed by atoms with Gasteiger partial charge in [0.2, 0.25) is 0 Å². The molecule has 9 heteroatoms. The molecule has 1 heterocycles. The minimum Gasteiger partial charge on any atom is -0.495 e. The van der Waals surface area contributed by atoms with E-state index in [-0.39, 0.29) is 11.9 Å². The molecule has 0 aliphatic carbocycles. The Balaban J connectivity index is 1.52. The number of nitrogens with zero attached hydrogens (tertiary/aromatic N) is 2. The first kappa shape index (κ1) is 28.6. The molecule has 3 amide bonds. The lowest BCUT2D eigenvalue weighted by atomic mass is 10.1. The molecule has 1 saturated heterocycles. The van der Waals surface area contributed by atoms with Crippen LogP contribution in [0.2, 0.25) is 0 Å². The van der Waals surface area contributed by atoms with Gasteiger partial charge < -0.3 is 35.2 Å². The Morgan fingerprint density at radius 3 is 2.17 bits per heavy atom. The summed E-state index contributed by atoms with van der Waals surface area (Å²) in [5.74, 6) is 1.28. The number of hydrogen-bond acceptors (Lipinski definition) is 6. The molecule has 1 unspecified atom stereocenters. The van der Waals surface area contributed by atoms with Crippen LogP contribution in [0.1, 0.15) is 37.6 Å². The highest BCUT2D eigenvalue weighted by Gasteiger charge is 2.24. The minimum atomic E-state index is -0.418. The summed E-state index contributed by atoms with van der Waals surface area (Å²) < 4.78 is 11.2. The average molecular weight is 546 g/mol. The van der Waals surface area contributed by atoms with Crippen LogP contribution in [0.4, 0.5) is 27.5 Å². The molecule has 1 atom stereocenters. The van der Waals surface area contributed by atoms with Crippen LogP contribution in [0.3, 0.4) is 0 Å². The Hall–Kier alpha value is -4.40. The zero-order valence-electron chi connectivity index (χ0n) is 23.7. The number of carbonyl (C=O) groups excluding carboxylic acids is 2. The van der Waals surface area contributed by atoms with Crippen LogP contribution in [-0.4, -0.2) is 57.9 Å². The lowest BCUT2D eigenvalue weighted by molar-refractivity contribution is 0.0939. The van der Waals surface area contributed by atoms with Crippen molar-refractivity contribution in [3.05, 3.63) is 72.3 Å². The molecule has 40 heavy (non-hydrogen) atoms. The maximum absolute atomic E-state index is 13.4. The van der Waals surface area contributed by atoms with Crippen LogP contribution in [0.5, 0.6) is 11.5 Å². The Bertz CT molecular complexity index is 1310.